The van der Waals surface area contributed by atoms with Crippen molar-refractivity contribution in [1.82, 2.24) is 0 Å². The molecule has 0 bridgehead atoms. The van der Waals surface area contributed by atoms with E-state index >= 15 is 0 Å². The van der Waals surface area contributed by atoms with Gasteiger partial charge in [-0.05, 0) is 43.2 Å². The van der Waals surface area contributed by atoms with Crippen LogP contribution in [-0.4, -0.2) is 11.9 Å². The van der Waals surface area contributed by atoms with E-state index in [1.807, 2.05) is 47.4 Å². The molecule has 1 amide bonds. The Kier molecular flexibility index (Phi) is 3.22. The van der Waals surface area contributed by atoms with Crippen molar-refractivity contribution in [2.75, 3.05) is 4.90 Å². The van der Waals surface area contributed by atoms with E-state index in [1.165, 1.54) is 5.56 Å². The quantitative estimate of drug-likeness (QED) is 0.627. The van der Waals surface area contributed by atoms with Crippen LogP contribution in [0.2, 0.25) is 0 Å². The van der Waals surface area contributed by atoms with Crippen molar-refractivity contribution in [3.8, 4) is 16.2 Å². The molecular weight excluding hydrogens is 330 g/mol. The van der Waals surface area contributed by atoms with Gasteiger partial charge < -0.3 is 9.64 Å². The predicted molar refractivity (Wildman–Crippen MR) is 101 cm³/mol. The molecule has 25 heavy (non-hydrogen) atoms. The average Bonchev–Trinajstić information content (AvgIpc) is 3.21. The zero-order chi connectivity index (χ0) is 17.0. The Morgan fingerprint density at radius 1 is 1.12 bits per heavy atom. The van der Waals surface area contributed by atoms with Crippen LogP contribution in [0.5, 0.6) is 5.75 Å². The van der Waals surface area contributed by atoms with Crippen molar-refractivity contribution in [2.45, 2.75) is 26.0 Å². The fraction of sp³-hybridized carbons (Fsp3) is 0.190. The van der Waals surface area contributed by atoms with Gasteiger partial charge in [0.25, 0.3) is 5.91 Å². The summed E-state index contributed by atoms with van der Waals surface area (Å²) >= 11 is 1.58. The second-order valence-electron chi connectivity index (χ2n) is 6.61. The highest BCUT2D eigenvalue weighted by atomic mass is 32.1. The number of rotatable bonds is 1. The zero-order valence-electron chi connectivity index (χ0n) is 13.9. The first-order valence-electron chi connectivity index (χ1n) is 8.49. The molecule has 3 heterocycles. The summed E-state index contributed by atoms with van der Waals surface area (Å²) in [7, 11) is 0. The molecule has 2 aromatic carbocycles. The minimum absolute atomic E-state index is 0.0920. The Labute approximate surface area is 150 Å². The molecule has 0 saturated heterocycles. The Hall–Kier alpha value is -2.59. The maximum atomic E-state index is 13.2. The lowest BCUT2D eigenvalue weighted by Gasteiger charge is -2.21. The van der Waals surface area contributed by atoms with Crippen LogP contribution in [0.1, 0.15) is 27.7 Å². The molecule has 0 N–H and O–H groups in total. The van der Waals surface area contributed by atoms with Gasteiger partial charge in [-0.3, -0.25) is 4.79 Å². The molecule has 3 nitrogen and oxygen atoms in total. The molecule has 0 spiro atoms. The van der Waals surface area contributed by atoms with Crippen molar-refractivity contribution < 1.29 is 9.53 Å². The van der Waals surface area contributed by atoms with E-state index in [1.54, 1.807) is 11.3 Å². The zero-order valence-corrected chi connectivity index (χ0v) is 14.7. The highest BCUT2D eigenvalue weighted by Crippen LogP contribution is 2.43. The number of hydrogen-bond acceptors (Lipinski definition) is 3. The molecule has 1 unspecified atom stereocenters. The average molecular weight is 347 g/mol. The van der Waals surface area contributed by atoms with E-state index in [0.29, 0.717) is 6.61 Å². The lowest BCUT2D eigenvalue weighted by molar-refractivity contribution is 0.0985. The Balaban J connectivity index is 1.56. The fourth-order valence-electron chi connectivity index (χ4n) is 3.80. The molecule has 0 fully saturated rings. The van der Waals surface area contributed by atoms with Gasteiger partial charge in [0.15, 0.2) is 0 Å². The first-order valence-corrected chi connectivity index (χ1v) is 9.30. The highest BCUT2D eigenvalue weighted by Gasteiger charge is 2.33. The van der Waals surface area contributed by atoms with Gasteiger partial charge in [0.2, 0.25) is 0 Å². The number of carbonyl (C=O) groups is 1. The number of para-hydroxylation sites is 2. The van der Waals surface area contributed by atoms with Crippen LogP contribution in [0.3, 0.4) is 0 Å². The molecule has 0 saturated carbocycles. The van der Waals surface area contributed by atoms with Gasteiger partial charge in [-0.15, -0.1) is 11.3 Å². The third-order valence-corrected chi connectivity index (χ3v) is 6.16. The third kappa shape index (κ3) is 2.21. The summed E-state index contributed by atoms with van der Waals surface area (Å²) in [5.41, 5.74) is 4.48. The van der Waals surface area contributed by atoms with Crippen molar-refractivity contribution >= 4 is 22.9 Å². The molecule has 2 aliphatic rings. The minimum Gasteiger partial charge on any atom is -0.488 e. The van der Waals surface area contributed by atoms with Crippen LogP contribution in [0, 0.1) is 0 Å². The van der Waals surface area contributed by atoms with Crippen molar-refractivity contribution in [3.63, 3.8) is 0 Å². The summed E-state index contributed by atoms with van der Waals surface area (Å²) < 4.78 is 5.83. The van der Waals surface area contributed by atoms with Crippen LogP contribution >= 0.6 is 11.3 Å². The molecule has 1 atom stereocenters. The molecule has 0 aliphatic carbocycles. The van der Waals surface area contributed by atoms with E-state index in [2.05, 4.69) is 19.1 Å². The van der Waals surface area contributed by atoms with Gasteiger partial charge >= 0.3 is 0 Å². The summed E-state index contributed by atoms with van der Waals surface area (Å²) in [6, 6.07) is 18.4. The van der Waals surface area contributed by atoms with E-state index in [4.69, 9.17) is 4.74 Å². The van der Waals surface area contributed by atoms with E-state index in [9.17, 15) is 4.79 Å². The Morgan fingerprint density at radius 3 is 2.84 bits per heavy atom. The smallest absolute Gasteiger partial charge is 0.268 e. The Bertz CT molecular complexity index is 991. The maximum absolute atomic E-state index is 13.2. The van der Waals surface area contributed by atoms with Crippen LogP contribution in [-0.2, 0) is 13.0 Å². The van der Waals surface area contributed by atoms with E-state index < -0.39 is 0 Å². The van der Waals surface area contributed by atoms with E-state index in [-0.39, 0.29) is 11.9 Å². The predicted octanol–water partition coefficient (Wildman–Crippen LogP) is 4.90. The van der Waals surface area contributed by atoms with Gasteiger partial charge in [0.1, 0.15) is 12.4 Å². The second kappa shape index (κ2) is 5.46. The molecule has 1 aromatic heterocycles. The SMILES string of the molecule is CC1Cc2ccccc2N1C(=O)c1cc2c(s1)-c1ccccc1OC2. The molecule has 124 valence electrons. The first-order chi connectivity index (χ1) is 12.2. The van der Waals surface area contributed by atoms with E-state index in [0.717, 1.165) is 38.7 Å². The number of ether oxygens (including phenoxy) is 1. The third-order valence-electron chi connectivity index (χ3n) is 4.96. The van der Waals surface area contributed by atoms with Crippen molar-refractivity contribution in [1.29, 1.82) is 0 Å². The number of hydrogen-bond donors (Lipinski definition) is 0. The van der Waals surface area contributed by atoms with Gasteiger partial charge in [0.05, 0.1) is 4.88 Å². The number of nitrogens with zero attached hydrogens (tertiary/aromatic N) is 1. The standard InChI is InChI=1S/C21H17NO2S/c1-13-10-14-6-2-4-8-17(14)22(13)21(23)19-11-15-12-24-18-9-5-3-7-16(18)20(15)25-19/h2-9,11,13H,10,12H2,1H3. The van der Waals surface area contributed by atoms with Gasteiger partial charge in [0, 0.05) is 27.7 Å². The van der Waals surface area contributed by atoms with Crippen molar-refractivity contribution in [2.24, 2.45) is 0 Å². The monoisotopic (exact) mass is 347 g/mol. The number of carbonyl (C=O) groups excluding carboxylic acids is 1. The minimum atomic E-state index is 0.0920. The summed E-state index contributed by atoms with van der Waals surface area (Å²) in [6.45, 7) is 2.64. The topological polar surface area (TPSA) is 29.5 Å². The van der Waals surface area contributed by atoms with Crippen molar-refractivity contribution in [3.05, 3.63) is 70.6 Å². The molecule has 4 heteroatoms. The van der Waals surface area contributed by atoms with Crippen LogP contribution in [0.4, 0.5) is 5.69 Å². The lowest BCUT2D eigenvalue weighted by Crippen LogP contribution is -2.35. The number of thiophene rings is 1. The number of benzene rings is 2. The van der Waals surface area contributed by atoms with Gasteiger partial charge in [-0.2, -0.15) is 0 Å². The van der Waals surface area contributed by atoms with Gasteiger partial charge in [-0.1, -0.05) is 30.3 Å². The molecule has 5 rings (SSSR count). The molecule has 2 aliphatic heterocycles. The lowest BCUT2D eigenvalue weighted by atomic mass is 10.1. The first kappa shape index (κ1) is 14.7. The number of amides is 1. The largest absolute Gasteiger partial charge is 0.488 e. The summed E-state index contributed by atoms with van der Waals surface area (Å²) in [5.74, 6) is 0.991. The van der Waals surface area contributed by atoms with Crippen LogP contribution in [0.25, 0.3) is 10.4 Å². The molecular formula is C21H17NO2S. The van der Waals surface area contributed by atoms with Gasteiger partial charge in [-0.25, -0.2) is 0 Å². The van der Waals surface area contributed by atoms with Crippen LogP contribution < -0.4 is 9.64 Å². The summed E-state index contributed by atoms with van der Waals surface area (Å²) in [5, 5.41) is 0. The van der Waals surface area contributed by atoms with Crippen LogP contribution in [0.15, 0.2) is 54.6 Å². The summed E-state index contributed by atoms with van der Waals surface area (Å²) in [6.07, 6.45) is 0.916. The fourth-order valence-corrected chi connectivity index (χ4v) is 4.93. The Morgan fingerprint density at radius 2 is 1.92 bits per heavy atom. The maximum Gasteiger partial charge on any atom is 0.268 e. The second-order valence-corrected chi connectivity index (χ2v) is 7.66. The highest BCUT2D eigenvalue weighted by molar-refractivity contribution is 7.17. The summed E-state index contributed by atoms with van der Waals surface area (Å²) in [4.78, 5) is 17.1. The normalized spacial score (nSPS) is 17.5. The number of fused-ring (bicyclic) bond motifs is 4. The molecule has 0 radical (unpaired) electrons. The molecule has 3 aromatic rings. The number of anilines is 1.